The Bertz CT molecular complexity index is 499. The van der Waals surface area contributed by atoms with E-state index in [1.807, 2.05) is 11.8 Å². The molecule has 5 heteroatoms. The molecule has 114 valence electrons. The fourth-order valence-electron chi connectivity index (χ4n) is 2.60. The van der Waals surface area contributed by atoms with Crippen LogP contribution in [-0.4, -0.2) is 40.8 Å². The summed E-state index contributed by atoms with van der Waals surface area (Å²) in [6.07, 6.45) is 5.27. The normalized spacial score (nSPS) is 18.4. The summed E-state index contributed by atoms with van der Waals surface area (Å²) in [5.41, 5.74) is 1.40. The van der Waals surface area contributed by atoms with E-state index in [1.54, 1.807) is 18.3 Å². The van der Waals surface area contributed by atoms with Gasteiger partial charge in [-0.2, -0.15) is 0 Å². The molecule has 1 aliphatic heterocycles. The minimum atomic E-state index is -0.179. The number of hydrogen-bond donors (Lipinski definition) is 1. The molecule has 1 N–H and O–H groups in total. The fraction of sp³-hybridized carbons (Fsp3) is 0.562. The van der Waals surface area contributed by atoms with Gasteiger partial charge in [0, 0.05) is 37.4 Å². The molecule has 1 aromatic rings. The Labute approximate surface area is 125 Å². The maximum Gasteiger partial charge on any atom is 0.252 e. The van der Waals surface area contributed by atoms with Crippen LogP contribution >= 0.6 is 0 Å². The van der Waals surface area contributed by atoms with Gasteiger partial charge in [-0.1, -0.05) is 0 Å². The lowest BCUT2D eigenvalue weighted by Gasteiger charge is -2.33. The molecule has 0 saturated carbocycles. The zero-order chi connectivity index (χ0) is 15.2. The second-order valence-corrected chi connectivity index (χ2v) is 5.63. The largest absolute Gasteiger partial charge is 0.351 e. The summed E-state index contributed by atoms with van der Waals surface area (Å²) in [6, 6.07) is 3.87. The van der Waals surface area contributed by atoms with E-state index in [9.17, 15) is 9.59 Å². The molecular weight excluding hydrogens is 266 g/mol. The molecule has 0 radical (unpaired) electrons. The van der Waals surface area contributed by atoms with Crippen molar-refractivity contribution in [2.24, 2.45) is 0 Å². The molecule has 0 aromatic carbocycles. The summed E-state index contributed by atoms with van der Waals surface area (Å²) < 4.78 is 0. The number of aryl methyl sites for hydroxylation is 1. The lowest BCUT2D eigenvalue weighted by molar-refractivity contribution is -0.134. The van der Waals surface area contributed by atoms with Gasteiger partial charge in [0.05, 0.1) is 5.56 Å². The highest BCUT2D eigenvalue weighted by atomic mass is 16.2. The van der Waals surface area contributed by atoms with Crippen LogP contribution in [0, 0.1) is 6.92 Å². The van der Waals surface area contributed by atoms with Crippen molar-refractivity contribution in [3.05, 3.63) is 29.6 Å². The van der Waals surface area contributed by atoms with Crippen molar-refractivity contribution in [2.75, 3.05) is 13.1 Å². The molecule has 0 bridgehead atoms. The Morgan fingerprint density at radius 3 is 2.86 bits per heavy atom. The third kappa shape index (κ3) is 4.28. The zero-order valence-corrected chi connectivity index (χ0v) is 12.8. The van der Waals surface area contributed by atoms with Crippen molar-refractivity contribution in [2.45, 2.75) is 45.6 Å². The van der Waals surface area contributed by atoms with Gasteiger partial charge >= 0.3 is 0 Å². The lowest BCUT2D eigenvalue weighted by atomic mass is 10.0. The first-order chi connectivity index (χ1) is 10.1. The highest BCUT2D eigenvalue weighted by Crippen LogP contribution is 2.16. The van der Waals surface area contributed by atoms with Gasteiger partial charge in [-0.15, -0.1) is 0 Å². The summed E-state index contributed by atoms with van der Waals surface area (Å²) in [7, 11) is 0. The number of carbonyl (C=O) groups is 2. The van der Waals surface area contributed by atoms with E-state index < -0.39 is 0 Å². The highest BCUT2D eigenvalue weighted by molar-refractivity contribution is 5.94. The fourth-order valence-corrected chi connectivity index (χ4v) is 2.60. The van der Waals surface area contributed by atoms with Crippen LogP contribution in [0.1, 0.15) is 48.7 Å². The van der Waals surface area contributed by atoms with E-state index in [2.05, 4.69) is 17.2 Å². The molecule has 1 aliphatic rings. The van der Waals surface area contributed by atoms with Gasteiger partial charge in [0.25, 0.3) is 5.91 Å². The summed E-state index contributed by atoms with van der Waals surface area (Å²) in [5.74, 6) is -0.0495. The van der Waals surface area contributed by atoms with E-state index in [-0.39, 0.29) is 11.8 Å². The molecular formula is C16H23N3O2. The molecule has 2 rings (SSSR count). The van der Waals surface area contributed by atoms with E-state index >= 15 is 0 Å². The van der Waals surface area contributed by atoms with E-state index in [0.29, 0.717) is 24.6 Å². The average molecular weight is 289 g/mol. The summed E-state index contributed by atoms with van der Waals surface area (Å²) in [4.78, 5) is 30.1. The Kier molecular flexibility index (Phi) is 5.31. The van der Waals surface area contributed by atoms with Crippen molar-refractivity contribution in [1.29, 1.82) is 0 Å². The second-order valence-electron chi connectivity index (χ2n) is 5.63. The number of piperidine rings is 1. The van der Waals surface area contributed by atoms with E-state index in [4.69, 9.17) is 0 Å². The molecule has 0 aliphatic carbocycles. The van der Waals surface area contributed by atoms with Crippen LogP contribution < -0.4 is 5.32 Å². The maximum atomic E-state index is 12.1. The predicted octanol–water partition coefficient (Wildman–Crippen LogP) is 1.91. The smallest absolute Gasteiger partial charge is 0.252 e. The van der Waals surface area contributed by atoms with Crippen molar-refractivity contribution in [3.63, 3.8) is 0 Å². The zero-order valence-electron chi connectivity index (χ0n) is 12.8. The first-order valence-electron chi connectivity index (χ1n) is 7.58. The van der Waals surface area contributed by atoms with Gasteiger partial charge in [0.1, 0.15) is 0 Å². The Morgan fingerprint density at radius 2 is 2.19 bits per heavy atom. The average Bonchev–Trinajstić information content (AvgIpc) is 2.48. The third-order valence-corrected chi connectivity index (χ3v) is 3.92. The maximum absolute atomic E-state index is 12.1. The molecule has 2 heterocycles. The SMILES string of the molecule is Cc1ccc(C(=O)NCCC(=O)N2CCCC[C@@H]2C)cn1. The Morgan fingerprint density at radius 1 is 1.38 bits per heavy atom. The molecule has 1 atom stereocenters. The van der Waals surface area contributed by atoms with Crippen molar-refractivity contribution >= 4 is 11.8 Å². The molecule has 0 spiro atoms. The summed E-state index contributed by atoms with van der Waals surface area (Å²) in [6.45, 7) is 5.18. The van der Waals surface area contributed by atoms with Gasteiger partial charge in [-0.3, -0.25) is 14.6 Å². The predicted molar refractivity (Wildman–Crippen MR) is 81.0 cm³/mol. The number of hydrogen-bond acceptors (Lipinski definition) is 3. The van der Waals surface area contributed by atoms with E-state index in [1.165, 1.54) is 6.42 Å². The van der Waals surface area contributed by atoms with Crippen LogP contribution in [0.2, 0.25) is 0 Å². The van der Waals surface area contributed by atoms with Gasteiger partial charge < -0.3 is 10.2 Å². The number of rotatable bonds is 4. The lowest BCUT2D eigenvalue weighted by Crippen LogP contribution is -2.43. The number of pyridine rings is 1. The highest BCUT2D eigenvalue weighted by Gasteiger charge is 2.22. The number of nitrogens with zero attached hydrogens (tertiary/aromatic N) is 2. The van der Waals surface area contributed by atoms with Crippen LogP contribution in [-0.2, 0) is 4.79 Å². The van der Waals surface area contributed by atoms with Gasteiger partial charge in [0.2, 0.25) is 5.91 Å². The molecule has 5 nitrogen and oxygen atoms in total. The number of aromatic nitrogens is 1. The van der Waals surface area contributed by atoms with Gasteiger partial charge in [0.15, 0.2) is 0 Å². The number of nitrogens with one attached hydrogen (secondary N) is 1. The van der Waals surface area contributed by atoms with Crippen LogP contribution in [0.4, 0.5) is 0 Å². The van der Waals surface area contributed by atoms with Gasteiger partial charge in [-0.05, 0) is 45.2 Å². The first-order valence-corrected chi connectivity index (χ1v) is 7.58. The molecule has 1 saturated heterocycles. The van der Waals surface area contributed by atoms with Crippen molar-refractivity contribution in [1.82, 2.24) is 15.2 Å². The second kappa shape index (κ2) is 7.20. The standard InChI is InChI=1S/C16H23N3O2/c1-12-6-7-14(11-18-12)16(21)17-9-8-15(20)19-10-4-3-5-13(19)2/h6-7,11,13H,3-5,8-10H2,1-2H3,(H,17,21)/t13-/m0/s1. The molecule has 2 amide bonds. The Balaban J connectivity index is 1.77. The quantitative estimate of drug-likeness (QED) is 0.921. The molecule has 0 unspecified atom stereocenters. The Hall–Kier alpha value is -1.91. The monoisotopic (exact) mass is 289 g/mol. The summed E-state index contributed by atoms with van der Waals surface area (Å²) in [5, 5.41) is 2.78. The van der Waals surface area contributed by atoms with Crippen LogP contribution in [0.5, 0.6) is 0 Å². The van der Waals surface area contributed by atoms with Crippen LogP contribution in [0.3, 0.4) is 0 Å². The van der Waals surface area contributed by atoms with Crippen LogP contribution in [0.15, 0.2) is 18.3 Å². The molecule has 21 heavy (non-hydrogen) atoms. The van der Waals surface area contributed by atoms with Crippen LogP contribution in [0.25, 0.3) is 0 Å². The third-order valence-electron chi connectivity index (χ3n) is 3.92. The summed E-state index contributed by atoms with van der Waals surface area (Å²) >= 11 is 0. The number of carbonyl (C=O) groups excluding carboxylic acids is 2. The van der Waals surface area contributed by atoms with E-state index in [0.717, 1.165) is 25.1 Å². The van der Waals surface area contributed by atoms with Crippen molar-refractivity contribution < 1.29 is 9.59 Å². The molecule has 1 aromatic heterocycles. The van der Waals surface area contributed by atoms with Gasteiger partial charge in [-0.25, -0.2) is 0 Å². The minimum Gasteiger partial charge on any atom is -0.351 e. The topological polar surface area (TPSA) is 62.3 Å². The minimum absolute atomic E-state index is 0.129. The van der Waals surface area contributed by atoms with Crippen molar-refractivity contribution in [3.8, 4) is 0 Å². The molecule has 1 fully saturated rings. The number of amides is 2. The first kappa shape index (κ1) is 15.5. The number of likely N-dealkylation sites (tertiary alicyclic amines) is 1.